The van der Waals surface area contributed by atoms with Gasteiger partial charge in [-0.15, -0.1) is 0 Å². The second-order valence-corrected chi connectivity index (χ2v) is 7.04. The van der Waals surface area contributed by atoms with Gasteiger partial charge in [0.15, 0.2) is 0 Å². The van der Waals surface area contributed by atoms with Crippen LogP contribution in [0.3, 0.4) is 0 Å². The summed E-state index contributed by atoms with van der Waals surface area (Å²) >= 11 is 3.57. The quantitative estimate of drug-likeness (QED) is 0.860. The lowest BCUT2D eigenvalue weighted by Gasteiger charge is -2.44. The number of aryl methyl sites for hydroxylation is 1. The molecule has 0 bridgehead atoms. The van der Waals surface area contributed by atoms with Gasteiger partial charge >= 0.3 is 0 Å². The molecule has 1 aliphatic carbocycles. The van der Waals surface area contributed by atoms with Crippen LogP contribution in [0.25, 0.3) is 0 Å². The molecule has 2 nitrogen and oxygen atoms in total. The van der Waals surface area contributed by atoms with Crippen LogP contribution in [-0.4, -0.2) is 32.1 Å². The third-order valence-electron chi connectivity index (χ3n) is 4.32. The fourth-order valence-corrected chi connectivity index (χ4v) is 3.58. The van der Waals surface area contributed by atoms with Gasteiger partial charge in [0.1, 0.15) is 0 Å². The molecule has 0 amide bonds. The molecule has 0 aliphatic heterocycles. The molecular weight excluding hydrogens is 300 g/mol. The number of hydrogen-bond donors (Lipinski definition) is 1. The molecule has 0 spiro atoms. The lowest BCUT2D eigenvalue weighted by molar-refractivity contribution is 0.0767. The van der Waals surface area contributed by atoms with Crippen molar-refractivity contribution >= 4 is 15.9 Å². The maximum absolute atomic E-state index is 3.57. The number of benzene rings is 1. The summed E-state index contributed by atoms with van der Waals surface area (Å²) in [5.41, 5.74) is 3.32. The SMILES string of the molecule is CNCC1(CN(C)Cc2cc(Br)ccc2C)CCC1. The Kier molecular flexibility index (Phi) is 5.04. The molecule has 0 atom stereocenters. The molecule has 3 heteroatoms. The average Bonchev–Trinajstić information content (AvgIpc) is 2.31. The van der Waals surface area contributed by atoms with E-state index in [4.69, 9.17) is 0 Å². The van der Waals surface area contributed by atoms with Gasteiger partial charge in [-0.3, -0.25) is 0 Å². The molecule has 1 N–H and O–H groups in total. The van der Waals surface area contributed by atoms with Crippen LogP contribution in [0.15, 0.2) is 22.7 Å². The highest BCUT2D eigenvalue weighted by molar-refractivity contribution is 9.10. The van der Waals surface area contributed by atoms with E-state index in [2.05, 4.69) is 65.4 Å². The summed E-state index contributed by atoms with van der Waals surface area (Å²) in [6, 6.07) is 6.56. The molecule has 0 heterocycles. The van der Waals surface area contributed by atoms with Gasteiger partial charge in [-0.05, 0) is 62.5 Å². The normalized spacial score (nSPS) is 17.5. The molecule has 0 aromatic heterocycles. The number of hydrogen-bond acceptors (Lipinski definition) is 2. The van der Waals surface area contributed by atoms with Gasteiger partial charge in [0.2, 0.25) is 0 Å². The van der Waals surface area contributed by atoms with Crippen molar-refractivity contribution in [3.05, 3.63) is 33.8 Å². The first-order valence-corrected chi connectivity index (χ1v) is 7.92. The molecule has 1 aromatic rings. The van der Waals surface area contributed by atoms with Crippen LogP contribution < -0.4 is 5.32 Å². The third kappa shape index (κ3) is 3.80. The van der Waals surface area contributed by atoms with Crippen LogP contribution in [0.5, 0.6) is 0 Å². The first kappa shape index (κ1) is 15.0. The van der Waals surface area contributed by atoms with E-state index in [0.29, 0.717) is 5.41 Å². The number of nitrogens with one attached hydrogen (secondary N) is 1. The van der Waals surface area contributed by atoms with E-state index in [9.17, 15) is 0 Å². The van der Waals surface area contributed by atoms with E-state index in [1.807, 2.05) is 0 Å². The molecule has 19 heavy (non-hydrogen) atoms. The van der Waals surface area contributed by atoms with Gasteiger partial charge in [-0.1, -0.05) is 28.4 Å². The van der Waals surface area contributed by atoms with Crippen molar-refractivity contribution in [3.63, 3.8) is 0 Å². The lowest BCUT2D eigenvalue weighted by atomic mass is 9.68. The number of halogens is 1. The van der Waals surface area contributed by atoms with E-state index in [0.717, 1.165) is 13.1 Å². The van der Waals surface area contributed by atoms with Gasteiger partial charge in [0.25, 0.3) is 0 Å². The second kappa shape index (κ2) is 6.38. The molecule has 1 aromatic carbocycles. The van der Waals surface area contributed by atoms with Crippen molar-refractivity contribution in [3.8, 4) is 0 Å². The zero-order valence-corrected chi connectivity index (χ0v) is 13.9. The minimum Gasteiger partial charge on any atom is -0.319 e. The van der Waals surface area contributed by atoms with Gasteiger partial charge < -0.3 is 10.2 Å². The van der Waals surface area contributed by atoms with Crippen molar-refractivity contribution in [2.75, 3.05) is 27.2 Å². The van der Waals surface area contributed by atoms with Crippen molar-refractivity contribution in [1.29, 1.82) is 0 Å². The second-order valence-electron chi connectivity index (χ2n) is 6.13. The van der Waals surface area contributed by atoms with E-state index < -0.39 is 0 Å². The summed E-state index contributed by atoms with van der Waals surface area (Å²) in [5.74, 6) is 0. The van der Waals surface area contributed by atoms with Crippen molar-refractivity contribution in [2.24, 2.45) is 5.41 Å². The number of nitrogens with zero attached hydrogens (tertiary/aromatic N) is 1. The van der Waals surface area contributed by atoms with E-state index in [1.54, 1.807) is 0 Å². The number of rotatable bonds is 6. The molecule has 0 saturated heterocycles. The standard InChI is InChI=1S/C16H25BrN2/c1-13-5-6-15(17)9-14(13)10-19(3)12-16(11-18-2)7-4-8-16/h5-6,9,18H,4,7-8,10-12H2,1-3H3. The first-order valence-electron chi connectivity index (χ1n) is 7.13. The molecule has 106 valence electrons. The fourth-order valence-electron chi connectivity index (χ4n) is 3.17. The molecule has 2 rings (SSSR count). The van der Waals surface area contributed by atoms with Crippen molar-refractivity contribution in [1.82, 2.24) is 10.2 Å². The maximum Gasteiger partial charge on any atom is 0.0233 e. The highest BCUT2D eigenvalue weighted by Crippen LogP contribution is 2.41. The fraction of sp³-hybridized carbons (Fsp3) is 0.625. The maximum atomic E-state index is 3.57. The van der Waals surface area contributed by atoms with Crippen molar-refractivity contribution in [2.45, 2.75) is 32.7 Å². The summed E-state index contributed by atoms with van der Waals surface area (Å²) in [5, 5.41) is 3.37. The van der Waals surface area contributed by atoms with Crippen LogP contribution in [0.1, 0.15) is 30.4 Å². The summed E-state index contributed by atoms with van der Waals surface area (Å²) < 4.78 is 1.18. The zero-order chi connectivity index (χ0) is 13.9. The molecule has 1 fully saturated rings. The third-order valence-corrected chi connectivity index (χ3v) is 4.82. The highest BCUT2D eigenvalue weighted by atomic mass is 79.9. The average molecular weight is 325 g/mol. The minimum absolute atomic E-state index is 0.517. The largest absolute Gasteiger partial charge is 0.319 e. The molecule has 0 unspecified atom stereocenters. The van der Waals surface area contributed by atoms with Crippen molar-refractivity contribution < 1.29 is 0 Å². The van der Waals surface area contributed by atoms with Gasteiger partial charge in [0, 0.05) is 24.1 Å². The predicted octanol–water partition coefficient (Wildman–Crippen LogP) is 3.58. The Balaban J connectivity index is 1.97. The highest BCUT2D eigenvalue weighted by Gasteiger charge is 2.37. The van der Waals surface area contributed by atoms with Gasteiger partial charge in [0.05, 0.1) is 0 Å². The smallest absolute Gasteiger partial charge is 0.0233 e. The summed E-state index contributed by atoms with van der Waals surface area (Å²) in [7, 11) is 4.31. The van der Waals surface area contributed by atoms with E-state index >= 15 is 0 Å². The van der Waals surface area contributed by atoms with Crippen LogP contribution in [0.2, 0.25) is 0 Å². The lowest BCUT2D eigenvalue weighted by Crippen LogP contribution is -2.46. The Labute approximate surface area is 125 Å². The molecular formula is C16H25BrN2. The topological polar surface area (TPSA) is 15.3 Å². The van der Waals surface area contributed by atoms with Gasteiger partial charge in [-0.2, -0.15) is 0 Å². The van der Waals surface area contributed by atoms with Crippen LogP contribution >= 0.6 is 15.9 Å². The van der Waals surface area contributed by atoms with Crippen LogP contribution in [-0.2, 0) is 6.54 Å². The summed E-state index contributed by atoms with van der Waals surface area (Å²) in [6.07, 6.45) is 4.14. The Morgan fingerprint density at radius 3 is 2.68 bits per heavy atom. The monoisotopic (exact) mass is 324 g/mol. The van der Waals surface area contributed by atoms with Crippen LogP contribution in [0, 0.1) is 12.3 Å². The van der Waals surface area contributed by atoms with E-state index in [1.165, 1.54) is 41.4 Å². The molecule has 0 radical (unpaired) electrons. The Morgan fingerprint density at radius 1 is 1.37 bits per heavy atom. The summed E-state index contributed by atoms with van der Waals surface area (Å²) in [4.78, 5) is 2.48. The molecule has 1 saturated carbocycles. The first-order chi connectivity index (χ1) is 9.04. The predicted molar refractivity (Wildman–Crippen MR) is 85.4 cm³/mol. The Morgan fingerprint density at radius 2 is 2.11 bits per heavy atom. The Bertz CT molecular complexity index is 427. The molecule has 1 aliphatic rings. The Hall–Kier alpha value is -0.380. The minimum atomic E-state index is 0.517. The van der Waals surface area contributed by atoms with Gasteiger partial charge in [-0.25, -0.2) is 0 Å². The summed E-state index contributed by atoms with van der Waals surface area (Å²) in [6.45, 7) is 5.58. The van der Waals surface area contributed by atoms with Crippen LogP contribution in [0.4, 0.5) is 0 Å². The van der Waals surface area contributed by atoms with E-state index in [-0.39, 0.29) is 0 Å². The zero-order valence-electron chi connectivity index (χ0n) is 12.3.